The van der Waals surface area contributed by atoms with Gasteiger partial charge in [-0.15, -0.1) is 0 Å². The van der Waals surface area contributed by atoms with Crippen LogP contribution in [-0.2, 0) is 4.79 Å². The fourth-order valence-electron chi connectivity index (χ4n) is 1.46. The van der Waals surface area contributed by atoms with Gasteiger partial charge in [-0.25, -0.2) is 0 Å². The number of amides is 1. The van der Waals surface area contributed by atoms with E-state index in [-0.39, 0.29) is 5.91 Å². The molecule has 12 heavy (non-hydrogen) atoms. The van der Waals surface area contributed by atoms with E-state index >= 15 is 0 Å². The summed E-state index contributed by atoms with van der Waals surface area (Å²) in [5, 5.41) is 8.29. The van der Waals surface area contributed by atoms with E-state index in [0.717, 1.165) is 25.9 Å². The third kappa shape index (κ3) is 2.54. The molecule has 0 bridgehead atoms. The highest BCUT2D eigenvalue weighted by molar-refractivity contribution is 5.76. The van der Waals surface area contributed by atoms with Crippen LogP contribution in [0.5, 0.6) is 0 Å². The van der Waals surface area contributed by atoms with Gasteiger partial charge in [-0.3, -0.25) is 4.79 Å². The Labute approximate surface area is 73.0 Å². The van der Waals surface area contributed by atoms with Crippen molar-refractivity contribution in [2.75, 3.05) is 13.1 Å². The Morgan fingerprint density at radius 2 is 2.00 bits per heavy atom. The monoisotopic (exact) mass is 166 g/mol. The minimum atomic E-state index is 0.149. The van der Waals surface area contributed by atoms with Crippen molar-refractivity contribution in [2.24, 2.45) is 0 Å². The summed E-state index contributed by atoms with van der Waals surface area (Å²) in [5.41, 5.74) is 0. The minimum absolute atomic E-state index is 0.149. The first-order valence-corrected chi connectivity index (χ1v) is 4.49. The van der Waals surface area contributed by atoms with E-state index in [1.807, 2.05) is 11.0 Å². The van der Waals surface area contributed by atoms with Crippen molar-refractivity contribution in [3.8, 4) is 6.07 Å². The van der Waals surface area contributed by atoms with Crippen LogP contribution in [0.2, 0.25) is 0 Å². The molecular formula is C9H14N2O. The van der Waals surface area contributed by atoms with Crippen LogP contribution >= 0.6 is 0 Å². The number of carbonyl (C=O) groups is 1. The van der Waals surface area contributed by atoms with E-state index in [4.69, 9.17) is 5.26 Å². The highest BCUT2D eigenvalue weighted by Gasteiger charge is 2.15. The Kier molecular flexibility index (Phi) is 3.59. The maximum Gasteiger partial charge on any atom is 0.223 e. The molecule has 3 heteroatoms. The molecule has 0 aromatic carbocycles. The van der Waals surface area contributed by atoms with Crippen LogP contribution in [0.3, 0.4) is 0 Å². The molecule has 0 spiro atoms. The van der Waals surface area contributed by atoms with Gasteiger partial charge in [0.2, 0.25) is 5.91 Å². The fourth-order valence-corrected chi connectivity index (χ4v) is 1.46. The molecule has 1 heterocycles. The molecule has 3 nitrogen and oxygen atoms in total. The highest BCUT2D eigenvalue weighted by atomic mass is 16.2. The summed E-state index contributed by atoms with van der Waals surface area (Å²) >= 11 is 0. The lowest BCUT2D eigenvalue weighted by molar-refractivity contribution is -0.131. The molecule has 1 amide bonds. The minimum Gasteiger partial charge on any atom is -0.343 e. The second kappa shape index (κ2) is 4.76. The van der Waals surface area contributed by atoms with Gasteiger partial charge in [0.05, 0.1) is 6.07 Å². The predicted octanol–water partition coefficient (Wildman–Crippen LogP) is 1.30. The summed E-state index contributed by atoms with van der Waals surface area (Å²) in [5.74, 6) is 0.149. The Morgan fingerprint density at radius 3 is 2.58 bits per heavy atom. The Hall–Kier alpha value is -1.04. The average molecular weight is 166 g/mol. The lowest BCUT2D eigenvalue weighted by Gasteiger charge is -2.26. The van der Waals surface area contributed by atoms with Crippen LogP contribution < -0.4 is 0 Å². The van der Waals surface area contributed by atoms with Crippen molar-refractivity contribution < 1.29 is 4.79 Å². The topological polar surface area (TPSA) is 44.1 Å². The summed E-state index contributed by atoms with van der Waals surface area (Å²) < 4.78 is 0. The van der Waals surface area contributed by atoms with Gasteiger partial charge in [-0.2, -0.15) is 5.26 Å². The van der Waals surface area contributed by atoms with Crippen molar-refractivity contribution in [3.63, 3.8) is 0 Å². The van der Waals surface area contributed by atoms with Gasteiger partial charge in [0.15, 0.2) is 0 Å². The van der Waals surface area contributed by atoms with E-state index in [1.165, 1.54) is 6.42 Å². The van der Waals surface area contributed by atoms with Crippen LogP contribution in [0.4, 0.5) is 0 Å². The smallest absolute Gasteiger partial charge is 0.223 e. The predicted molar refractivity (Wildman–Crippen MR) is 45.3 cm³/mol. The normalized spacial score (nSPS) is 17.1. The Bertz CT molecular complexity index is 189. The summed E-state index contributed by atoms with van der Waals surface area (Å²) in [6, 6.07) is 1.99. The van der Waals surface area contributed by atoms with Gasteiger partial charge >= 0.3 is 0 Å². The van der Waals surface area contributed by atoms with Gasteiger partial charge in [-0.1, -0.05) is 0 Å². The number of nitrogens with zero attached hydrogens (tertiary/aromatic N) is 2. The quantitative estimate of drug-likeness (QED) is 0.620. The number of carbonyl (C=O) groups excluding carboxylic acids is 1. The molecule has 0 aliphatic carbocycles. The first-order valence-electron chi connectivity index (χ1n) is 4.49. The Morgan fingerprint density at radius 1 is 1.33 bits per heavy atom. The third-order valence-corrected chi connectivity index (χ3v) is 2.16. The molecule has 0 aromatic heterocycles. The lowest BCUT2D eigenvalue weighted by atomic mass is 10.1. The average Bonchev–Trinajstić information content (AvgIpc) is 2.15. The number of rotatable bonds is 2. The van der Waals surface area contributed by atoms with Crippen molar-refractivity contribution in [2.45, 2.75) is 32.1 Å². The third-order valence-electron chi connectivity index (χ3n) is 2.16. The van der Waals surface area contributed by atoms with Crippen molar-refractivity contribution >= 4 is 5.91 Å². The number of hydrogen-bond donors (Lipinski definition) is 0. The standard InChI is InChI=1S/C9H14N2O/c10-6-4-5-9(12)11-7-2-1-3-8-11/h1-5,7-8H2. The van der Waals surface area contributed by atoms with Gasteiger partial charge in [0, 0.05) is 25.9 Å². The molecule has 0 radical (unpaired) electrons. The first kappa shape index (κ1) is 9.05. The van der Waals surface area contributed by atoms with Crippen LogP contribution in [0.15, 0.2) is 0 Å². The molecule has 0 saturated carbocycles. The number of likely N-dealkylation sites (tertiary alicyclic amines) is 1. The molecule has 1 saturated heterocycles. The van der Waals surface area contributed by atoms with Crippen molar-refractivity contribution in [1.82, 2.24) is 4.90 Å². The second-order valence-electron chi connectivity index (χ2n) is 3.10. The molecule has 1 rings (SSSR count). The molecule has 0 unspecified atom stereocenters. The molecule has 0 atom stereocenters. The molecule has 1 fully saturated rings. The number of hydrogen-bond acceptors (Lipinski definition) is 2. The SMILES string of the molecule is N#CCCC(=O)N1CCCCC1. The van der Waals surface area contributed by atoms with E-state index in [2.05, 4.69) is 0 Å². The van der Waals surface area contributed by atoms with E-state index < -0.39 is 0 Å². The first-order chi connectivity index (χ1) is 5.84. The molecular weight excluding hydrogens is 152 g/mol. The summed E-state index contributed by atoms with van der Waals surface area (Å²) in [6.45, 7) is 1.79. The van der Waals surface area contributed by atoms with Crippen LogP contribution in [-0.4, -0.2) is 23.9 Å². The molecule has 0 aromatic rings. The van der Waals surface area contributed by atoms with Gasteiger partial charge < -0.3 is 4.90 Å². The molecule has 66 valence electrons. The van der Waals surface area contributed by atoms with Crippen LogP contribution in [0, 0.1) is 11.3 Å². The molecule has 1 aliphatic heterocycles. The van der Waals surface area contributed by atoms with Gasteiger partial charge in [0.25, 0.3) is 0 Å². The fraction of sp³-hybridized carbons (Fsp3) is 0.778. The van der Waals surface area contributed by atoms with Crippen LogP contribution in [0.1, 0.15) is 32.1 Å². The van der Waals surface area contributed by atoms with E-state index in [0.29, 0.717) is 12.8 Å². The van der Waals surface area contributed by atoms with E-state index in [9.17, 15) is 4.79 Å². The zero-order valence-corrected chi connectivity index (χ0v) is 7.25. The molecule has 1 aliphatic rings. The summed E-state index contributed by atoms with van der Waals surface area (Å²) in [6.07, 6.45) is 4.24. The molecule has 0 N–H and O–H groups in total. The maximum absolute atomic E-state index is 11.3. The zero-order valence-electron chi connectivity index (χ0n) is 7.25. The summed E-state index contributed by atoms with van der Waals surface area (Å²) in [4.78, 5) is 13.2. The summed E-state index contributed by atoms with van der Waals surface area (Å²) in [7, 11) is 0. The number of nitriles is 1. The number of piperidine rings is 1. The highest BCUT2D eigenvalue weighted by Crippen LogP contribution is 2.10. The van der Waals surface area contributed by atoms with Gasteiger partial charge in [-0.05, 0) is 19.3 Å². The largest absolute Gasteiger partial charge is 0.343 e. The Balaban J connectivity index is 2.26. The van der Waals surface area contributed by atoms with E-state index in [1.54, 1.807) is 0 Å². The van der Waals surface area contributed by atoms with Gasteiger partial charge in [0.1, 0.15) is 0 Å². The second-order valence-corrected chi connectivity index (χ2v) is 3.10. The maximum atomic E-state index is 11.3. The zero-order chi connectivity index (χ0) is 8.81. The van der Waals surface area contributed by atoms with Crippen molar-refractivity contribution in [1.29, 1.82) is 5.26 Å². The lowest BCUT2D eigenvalue weighted by Crippen LogP contribution is -2.35. The van der Waals surface area contributed by atoms with Crippen LogP contribution in [0.25, 0.3) is 0 Å². The van der Waals surface area contributed by atoms with Crippen molar-refractivity contribution in [3.05, 3.63) is 0 Å².